The molecule has 1 amide bonds. The van der Waals surface area contributed by atoms with Crippen LogP contribution in [0.25, 0.3) is 0 Å². The van der Waals surface area contributed by atoms with E-state index in [-0.39, 0.29) is 11.4 Å². The van der Waals surface area contributed by atoms with E-state index < -0.39 is 0 Å². The molecule has 0 spiro atoms. The zero-order valence-electron chi connectivity index (χ0n) is 11.7. The number of benzene rings is 1. The van der Waals surface area contributed by atoms with Crippen LogP contribution >= 0.6 is 0 Å². The van der Waals surface area contributed by atoms with Gasteiger partial charge in [-0.2, -0.15) is 0 Å². The summed E-state index contributed by atoms with van der Waals surface area (Å²) in [5, 5.41) is 2.94. The smallest absolute Gasteiger partial charge is 0.251 e. The summed E-state index contributed by atoms with van der Waals surface area (Å²) >= 11 is 0. The second kappa shape index (κ2) is 6.43. The van der Waals surface area contributed by atoms with Crippen LogP contribution in [0.3, 0.4) is 0 Å². The fraction of sp³-hybridized carbons (Fsp3) is 0.533. The van der Waals surface area contributed by atoms with Crippen LogP contribution in [0.2, 0.25) is 0 Å². The maximum Gasteiger partial charge on any atom is 0.251 e. The summed E-state index contributed by atoms with van der Waals surface area (Å²) in [6, 6.07) is 7.31. The molecule has 3 nitrogen and oxygen atoms in total. The molecule has 1 aromatic carbocycles. The van der Waals surface area contributed by atoms with Crippen LogP contribution in [-0.4, -0.2) is 18.1 Å². The third-order valence-corrected chi connectivity index (χ3v) is 2.35. The summed E-state index contributed by atoms with van der Waals surface area (Å²) in [4.78, 5) is 12.0. The van der Waals surface area contributed by atoms with E-state index in [1.807, 2.05) is 32.9 Å². The molecule has 0 aliphatic heterocycles. The Hall–Kier alpha value is -1.51. The van der Waals surface area contributed by atoms with E-state index in [0.29, 0.717) is 12.2 Å². The number of carbonyl (C=O) groups is 1. The van der Waals surface area contributed by atoms with E-state index in [1.54, 1.807) is 12.1 Å². The molecule has 0 radical (unpaired) electrons. The number of hydrogen-bond donors (Lipinski definition) is 1. The molecule has 18 heavy (non-hydrogen) atoms. The summed E-state index contributed by atoms with van der Waals surface area (Å²) in [6.45, 7) is 8.71. The van der Waals surface area contributed by atoms with Crippen molar-refractivity contribution in [1.29, 1.82) is 0 Å². The van der Waals surface area contributed by atoms with Gasteiger partial charge in [0, 0.05) is 11.1 Å². The minimum Gasteiger partial charge on any atom is -0.494 e. The number of hydrogen-bond acceptors (Lipinski definition) is 2. The molecule has 0 heterocycles. The first-order valence-electron chi connectivity index (χ1n) is 6.48. The second-order valence-corrected chi connectivity index (χ2v) is 5.43. The fourth-order valence-corrected chi connectivity index (χ4v) is 1.47. The predicted octanol–water partition coefficient (Wildman–Crippen LogP) is 3.39. The molecule has 0 aliphatic carbocycles. The van der Waals surface area contributed by atoms with Gasteiger partial charge in [0.05, 0.1) is 6.61 Å². The summed E-state index contributed by atoms with van der Waals surface area (Å²) in [5.74, 6) is 0.688. The van der Waals surface area contributed by atoms with E-state index in [0.717, 1.165) is 18.6 Å². The molecule has 0 saturated heterocycles. The number of ether oxygens (including phenoxy) is 1. The van der Waals surface area contributed by atoms with Crippen LogP contribution in [-0.2, 0) is 0 Å². The van der Waals surface area contributed by atoms with Gasteiger partial charge in [0.15, 0.2) is 0 Å². The van der Waals surface area contributed by atoms with Crippen LogP contribution in [0.4, 0.5) is 0 Å². The molecule has 0 bridgehead atoms. The van der Waals surface area contributed by atoms with Gasteiger partial charge < -0.3 is 10.1 Å². The number of amides is 1. The van der Waals surface area contributed by atoms with Crippen LogP contribution in [0, 0.1) is 0 Å². The van der Waals surface area contributed by atoms with Crippen molar-refractivity contribution in [3.63, 3.8) is 0 Å². The fourth-order valence-electron chi connectivity index (χ4n) is 1.47. The Labute approximate surface area is 110 Å². The maximum absolute atomic E-state index is 12.0. The Bertz CT molecular complexity index is 394. The third-order valence-electron chi connectivity index (χ3n) is 2.35. The minimum absolute atomic E-state index is 0.0663. The summed E-state index contributed by atoms with van der Waals surface area (Å²) in [7, 11) is 0. The third kappa shape index (κ3) is 5.21. The first-order valence-corrected chi connectivity index (χ1v) is 6.48. The molecule has 1 rings (SSSR count). The highest BCUT2D eigenvalue weighted by Gasteiger charge is 2.15. The Morgan fingerprint density at radius 3 is 2.67 bits per heavy atom. The summed E-state index contributed by atoms with van der Waals surface area (Å²) in [6.07, 6.45) is 2.13. The number of carbonyl (C=O) groups excluding carboxylic acids is 1. The van der Waals surface area contributed by atoms with Crippen molar-refractivity contribution in [2.45, 2.75) is 46.1 Å². The molecule has 0 unspecified atom stereocenters. The van der Waals surface area contributed by atoms with Crippen molar-refractivity contribution in [2.24, 2.45) is 0 Å². The highest BCUT2D eigenvalue weighted by Crippen LogP contribution is 2.14. The zero-order valence-corrected chi connectivity index (χ0v) is 11.7. The molecule has 0 aromatic heterocycles. The molecule has 100 valence electrons. The minimum atomic E-state index is -0.226. The van der Waals surface area contributed by atoms with Gasteiger partial charge in [0.25, 0.3) is 5.91 Å². The van der Waals surface area contributed by atoms with Crippen molar-refractivity contribution in [3.8, 4) is 5.75 Å². The average Bonchev–Trinajstić information content (AvgIpc) is 2.27. The first-order chi connectivity index (χ1) is 8.42. The molecule has 0 fully saturated rings. The second-order valence-electron chi connectivity index (χ2n) is 5.43. The van der Waals surface area contributed by atoms with Crippen LogP contribution in [0.5, 0.6) is 5.75 Å². The van der Waals surface area contributed by atoms with Gasteiger partial charge in [-0.1, -0.05) is 19.4 Å². The van der Waals surface area contributed by atoms with Gasteiger partial charge in [0.2, 0.25) is 0 Å². The van der Waals surface area contributed by atoms with E-state index in [9.17, 15) is 4.79 Å². The lowest BCUT2D eigenvalue weighted by molar-refractivity contribution is 0.0919. The van der Waals surface area contributed by atoms with Gasteiger partial charge in [-0.15, -0.1) is 0 Å². The monoisotopic (exact) mass is 249 g/mol. The van der Waals surface area contributed by atoms with Crippen molar-refractivity contribution in [3.05, 3.63) is 29.8 Å². The van der Waals surface area contributed by atoms with Gasteiger partial charge in [-0.05, 0) is 45.4 Å². The van der Waals surface area contributed by atoms with Crippen molar-refractivity contribution < 1.29 is 9.53 Å². The van der Waals surface area contributed by atoms with Gasteiger partial charge >= 0.3 is 0 Å². The lowest BCUT2D eigenvalue weighted by atomic mass is 10.1. The molecule has 0 atom stereocenters. The average molecular weight is 249 g/mol. The molecular formula is C15H23NO2. The van der Waals surface area contributed by atoms with Gasteiger partial charge in [0.1, 0.15) is 5.75 Å². The van der Waals surface area contributed by atoms with Crippen LogP contribution < -0.4 is 10.1 Å². The van der Waals surface area contributed by atoms with E-state index in [4.69, 9.17) is 4.74 Å². The number of unbranched alkanes of at least 4 members (excludes halogenated alkanes) is 1. The Kier molecular flexibility index (Phi) is 5.20. The highest BCUT2D eigenvalue weighted by molar-refractivity contribution is 5.95. The number of rotatable bonds is 5. The topological polar surface area (TPSA) is 38.3 Å². The maximum atomic E-state index is 12.0. The van der Waals surface area contributed by atoms with Gasteiger partial charge in [-0.3, -0.25) is 4.79 Å². The van der Waals surface area contributed by atoms with Crippen molar-refractivity contribution in [2.75, 3.05) is 6.61 Å². The zero-order chi connectivity index (χ0) is 13.6. The molecular weight excluding hydrogens is 226 g/mol. The summed E-state index contributed by atoms with van der Waals surface area (Å²) in [5.41, 5.74) is 0.412. The molecule has 0 saturated carbocycles. The lowest BCUT2D eigenvalue weighted by Gasteiger charge is -2.20. The highest BCUT2D eigenvalue weighted by atomic mass is 16.5. The Balaban J connectivity index is 2.66. The van der Waals surface area contributed by atoms with E-state index in [1.165, 1.54) is 0 Å². The van der Waals surface area contributed by atoms with Crippen LogP contribution in [0.15, 0.2) is 24.3 Å². The normalized spacial score (nSPS) is 11.1. The largest absolute Gasteiger partial charge is 0.494 e. The molecule has 1 aromatic rings. The summed E-state index contributed by atoms with van der Waals surface area (Å²) < 4.78 is 5.59. The number of nitrogens with one attached hydrogen (secondary N) is 1. The van der Waals surface area contributed by atoms with Crippen molar-refractivity contribution >= 4 is 5.91 Å². The SMILES string of the molecule is CCCCOc1cccc(C(=O)NC(C)(C)C)c1. The Morgan fingerprint density at radius 1 is 1.33 bits per heavy atom. The first kappa shape index (κ1) is 14.6. The molecule has 0 aliphatic rings. The predicted molar refractivity (Wildman–Crippen MR) is 74.1 cm³/mol. The lowest BCUT2D eigenvalue weighted by Crippen LogP contribution is -2.40. The molecule has 3 heteroatoms. The molecule has 1 N–H and O–H groups in total. The standard InChI is InChI=1S/C15H23NO2/c1-5-6-10-18-13-9-7-8-12(11-13)14(17)16-15(2,3)4/h7-9,11H,5-6,10H2,1-4H3,(H,16,17). The van der Waals surface area contributed by atoms with Gasteiger partial charge in [-0.25, -0.2) is 0 Å². The van der Waals surface area contributed by atoms with Crippen LogP contribution in [0.1, 0.15) is 50.9 Å². The van der Waals surface area contributed by atoms with E-state index >= 15 is 0 Å². The van der Waals surface area contributed by atoms with Crippen molar-refractivity contribution in [1.82, 2.24) is 5.32 Å². The quantitative estimate of drug-likeness (QED) is 0.812. The van der Waals surface area contributed by atoms with E-state index in [2.05, 4.69) is 12.2 Å². The Morgan fingerprint density at radius 2 is 2.06 bits per heavy atom.